The van der Waals surface area contributed by atoms with Gasteiger partial charge in [-0.2, -0.15) is 5.10 Å². The number of nitrogens with one attached hydrogen (secondary N) is 2. The van der Waals surface area contributed by atoms with Crippen LogP contribution in [0.25, 0.3) is 0 Å². The second-order valence-electron chi connectivity index (χ2n) is 6.78. The molecule has 0 aliphatic heterocycles. The highest BCUT2D eigenvalue weighted by Crippen LogP contribution is 2.25. The van der Waals surface area contributed by atoms with E-state index in [4.69, 9.17) is 23.8 Å². The van der Waals surface area contributed by atoms with Gasteiger partial charge in [0, 0.05) is 22.3 Å². The summed E-state index contributed by atoms with van der Waals surface area (Å²) in [6, 6.07) is 12.5. The lowest BCUT2D eigenvalue weighted by molar-refractivity contribution is -0.116. The minimum Gasteiger partial charge on any atom is -0.345 e. The van der Waals surface area contributed by atoms with Crippen molar-refractivity contribution >= 4 is 57.3 Å². The van der Waals surface area contributed by atoms with E-state index in [0.29, 0.717) is 37.9 Å². The first-order chi connectivity index (χ1) is 14.8. The summed E-state index contributed by atoms with van der Waals surface area (Å²) >= 11 is 14.8. The number of amides is 2. The zero-order valence-corrected chi connectivity index (χ0v) is 20.1. The minimum atomic E-state index is -0.276. The fraction of sp³-hybridized carbons (Fsp3) is 0.238. The number of hydrogen-bond acceptors (Lipinski definition) is 4. The maximum absolute atomic E-state index is 12.5. The van der Waals surface area contributed by atoms with Gasteiger partial charge in [-0.15, -0.1) is 0 Å². The summed E-state index contributed by atoms with van der Waals surface area (Å²) in [7, 11) is 0. The lowest BCUT2D eigenvalue weighted by Gasteiger charge is -2.07. The predicted octanol–water partition coefficient (Wildman–Crippen LogP) is 4.73. The Morgan fingerprint density at radius 2 is 1.97 bits per heavy atom. The molecule has 3 aromatic rings. The van der Waals surface area contributed by atoms with Crippen molar-refractivity contribution < 1.29 is 9.59 Å². The Morgan fingerprint density at radius 3 is 2.65 bits per heavy atom. The highest BCUT2D eigenvalue weighted by molar-refractivity contribution is 9.10. The first kappa shape index (κ1) is 23.2. The Kier molecular flexibility index (Phi) is 7.64. The maximum atomic E-state index is 12.5. The number of hydrogen-bond donors (Lipinski definition) is 2. The van der Waals surface area contributed by atoms with E-state index in [9.17, 15) is 9.59 Å². The Balaban J connectivity index is 1.70. The number of aromatic nitrogens is 3. The van der Waals surface area contributed by atoms with Crippen molar-refractivity contribution in [3.63, 3.8) is 0 Å². The van der Waals surface area contributed by atoms with Crippen molar-refractivity contribution in [2.75, 3.05) is 5.32 Å². The Labute approximate surface area is 198 Å². The van der Waals surface area contributed by atoms with Gasteiger partial charge in [0.1, 0.15) is 6.54 Å². The summed E-state index contributed by atoms with van der Waals surface area (Å²) < 4.78 is 4.34. The highest BCUT2D eigenvalue weighted by Gasteiger charge is 2.15. The summed E-state index contributed by atoms with van der Waals surface area (Å²) in [4.78, 5) is 25.0. The largest absolute Gasteiger partial charge is 0.345 e. The Morgan fingerprint density at radius 1 is 1.23 bits per heavy atom. The number of halogens is 2. The van der Waals surface area contributed by atoms with Crippen LogP contribution >= 0.6 is 39.7 Å². The molecule has 2 amide bonds. The van der Waals surface area contributed by atoms with E-state index in [1.165, 1.54) is 4.68 Å². The molecule has 0 spiro atoms. The molecule has 7 nitrogen and oxygen atoms in total. The molecule has 31 heavy (non-hydrogen) atoms. The number of carbonyl (C=O) groups is 2. The lowest BCUT2D eigenvalue weighted by atomic mass is 10.1. The summed E-state index contributed by atoms with van der Waals surface area (Å²) in [5, 5.41) is 10.7. The van der Waals surface area contributed by atoms with Gasteiger partial charge < -0.3 is 15.2 Å². The average Bonchev–Trinajstić information content (AvgIpc) is 3.03. The van der Waals surface area contributed by atoms with Crippen molar-refractivity contribution in [1.29, 1.82) is 0 Å². The van der Waals surface area contributed by atoms with Gasteiger partial charge in [-0.3, -0.25) is 9.59 Å². The topological polar surface area (TPSA) is 81.0 Å². The van der Waals surface area contributed by atoms with Crippen LogP contribution in [0.15, 0.2) is 46.9 Å². The molecule has 0 fully saturated rings. The second-order valence-corrected chi connectivity index (χ2v) is 8.40. The van der Waals surface area contributed by atoms with Crippen LogP contribution in [0, 0.1) is 11.7 Å². The first-order valence-corrected chi connectivity index (χ1v) is 11.1. The molecule has 10 heteroatoms. The van der Waals surface area contributed by atoms with Crippen LogP contribution < -0.4 is 10.6 Å². The number of rotatable bonds is 7. The molecular weight excluding hydrogens is 502 g/mol. The molecule has 0 aliphatic rings. The van der Waals surface area contributed by atoms with Gasteiger partial charge in [0.25, 0.3) is 5.91 Å². The molecule has 2 aromatic carbocycles. The zero-order chi connectivity index (χ0) is 22.5. The number of aryl methyl sites for hydroxylation is 1. The van der Waals surface area contributed by atoms with Crippen LogP contribution in [0.2, 0.25) is 5.02 Å². The molecule has 0 saturated carbocycles. The molecule has 1 aromatic heterocycles. The van der Waals surface area contributed by atoms with Gasteiger partial charge >= 0.3 is 0 Å². The third kappa shape index (κ3) is 5.61. The molecule has 0 saturated heterocycles. The van der Waals surface area contributed by atoms with Gasteiger partial charge in [-0.05, 0) is 71.8 Å². The average molecular weight is 523 g/mol. The molecule has 162 valence electrons. The van der Waals surface area contributed by atoms with Gasteiger partial charge in [0.05, 0.1) is 11.6 Å². The number of nitrogens with zero attached hydrogens (tertiary/aromatic N) is 3. The van der Waals surface area contributed by atoms with E-state index in [1.54, 1.807) is 28.8 Å². The van der Waals surface area contributed by atoms with E-state index in [1.807, 2.05) is 32.0 Å². The van der Waals surface area contributed by atoms with Gasteiger partial charge in [0.2, 0.25) is 5.91 Å². The van der Waals surface area contributed by atoms with Crippen LogP contribution in [0.5, 0.6) is 0 Å². The molecule has 2 N–H and O–H groups in total. The third-order valence-corrected chi connectivity index (χ3v) is 6.25. The molecule has 0 unspecified atom stereocenters. The van der Waals surface area contributed by atoms with Crippen LogP contribution in [0.4, 0.5) is 5.69 Å². The van der Waals surface area contributed by atoms with Crippen molar-refractivity contribution in [1.82, 2.24) is 19.7 Å². The molecule has 3 rings (SSSR count). The molecule has 0 atom stereocenters. The normalized spacial score (nSPS) is 10.7. The van der Waals surface area contributed by atoms with Gasteiger partial charge in [-0.1, -0.05) is 29.8 Å². The maximum Gasteiger partial charge on any atom is 0.251 e. The molecule has 0 aliphatic carbocycles. The van der Waals surface area contributed by atoms with Crippen molar-refractivity contribution in [3.8, 4) is 0 Å². The van der Waals surface area contributed by atoms with E-state index in [2.05, 4.69) is 31.7 Å². The standard InChI is InChI=1S/C21H21BrClN5O2S/c1-3-27-18(11-24-20(30)15-7-5-4-6-13(15)2)26-28(21(27)31)12-19(29)25-14-8-9-17(23)16(22)10-14/h4-10H,3,11-12H2,1-2H3,(H,24,30)(H,25,29). The van der Waals surface area contributed by atoms with Crippen LogP contribution in [-0.4, -0.2) is 26.2 Å². The monoisotopic (exact) mass is 521 g/mol. The summed E-state index contributed by atoms with van der Waals surface area (Å²) in [6.07, 6.45) is 0. The summed E-state index contributed by atoms with van der Waals surface area (Å²) in [6.45, 7) is 4.53. The fourth-order valence-electron chi connectivity index (χ4n) is 3.03. The van der Waals surface area contributed by atoms with E-state index >= 15 is 0 Å². The SMILES string of the molecule is CCn1c(CNC(=O)c2ccccc2C)nn(CC(=O)Nc2ccc(Cl)c(Br)c2)c1=S. The van der Waals surface area contributed by atoms with Crippen molar-refractivity contribution in [3.05, 3.63) is 73.7 Å². The molecule has 0 bridgehead atoms. The lowest BCUT2D eigenvalue weighted by Crippen LogP contribution is -2.25. The molecule has 1 heterocycles. The minimum absolute atomic E-state index is 0.0508. The molecular formula is C21H21BrClN5O2S. The summed E-state index contributed by atoms with van der Waals surface area (Å²) in [5.41, 5.74) is 2.11. The van der Waals surface area contributed by atoms with E-state index < -0.39 is 0 Å². The van der Waals surface area contributed by atoms with Crippen LogP contribution in [0.1, 0.15) is 28.7 Å². The van der Waals surface area contributed by atoms with E-state index in [0.717, 1.165) is 5.56 Å². The number of anilines is 1. The first-order valence-electron chi connectivity index (χ1n) is 9.55. The number of carbonyl (C=O) groups excluding carboxylic acids is 2. The number of benzene rings is 2. The van der Waals surface area contributed by atoms with Gasteiger partial charge in [0.15, 0.2) is 10.6 Å². The second kappa shape index (κ2) is 10.2. The zero-order valence-electron chi connectivity index (χ0n) is 17.0. The molecule has 0 radical (unpaired) electrons. The highest BCUT2D eigenvalue weighted by atomic mass is 79.9. The van der Waals surface area contributed by atoms with Crippen molar-refractivity contribution in [2.45, 2.75) is 33.5 Å². The quantitative estimate of drug-likeness (QED) is 0.440. The third-order valence-electron chi connectivity index (χ3n) is 4.61. The van der Waals surface area contributed by atoms with Crippen LogP contribution in [0.3, 0.4) is 0 Å². The summed E-state index contributed by atoms with van der Waals surface area (Å²) in [5.74, 6) is 0.116. The predicted molar refractivity (Wildman–Crippen MR) is 127 cm³/mol. The van der Waals surface area contributed by atoms with Crippen molar-refractivity contribution in [2.24, 2.45) is 0 Å². The Hall–Kier alpha value is -2.49. The van der Waals surface area contributed by atoms with Crippen LogP contribution in [-0.2, 0) is 24.4 Å². The fourth-order valence-corrected chi connectivity index (χ4v) is 3.87. The van der Waals surface area contributed by atoms with E-state index in [-0.39, 0.29) is 24.9 Å². The Bertz CT molecular complexity index is 1190. The smallest absolute Gasteiger partial charge is 0.251 e. The van der Waals surface area contributed by atoms with Gasteiger partial charge in [-0.25, -0.2) is 4.68 Å².